The summed E-state index contributed by atoms with van der Waals surface area (Å²) in [6, 6.07) is 1.90. The van der Waals surface area contributed by atoms with Crippen LogP contribution in [-0.4, -0.2) is 22.1 Å². The first-order valence-corrected chi connectivity index (χ1v) is 5.70. The van der Waals surface area contributed by atoms with Gasteiger partial charge in [-0.15, -0.1) is 0 Å². The second-order valence-electron chi connectivity index (χ2n) is 3.98. The Hall–Kier alpha value is -1.29. The molecule has 16 heavy (non-hydrogen) atoms. The number of carbonyl (C=O) groups is 1. The van der Waals surface area contributed by atoms with Gasteiger partial charge in [-0.1, -0.05) is 24.4 Å². The van der Waals surface area contributed by atoms with Crippen LogP contribution in [0.15, 0.2) is 12.3 Å². The lowest BCUT2D eigenvalue weighted by molar-refractivity contribution is 0.0697. The molecule has 1 aromatic heterocycles. The number of aromatic carboxylic acids is 1. The van der Waals surface area contributed by atoms with E-state index < -0.39 is 5.97 Å². The minimum atomic E-state index is -1.03. The van der Waals surface area contributed by atoms with E-state index >= 15 is 0 Å². The van der Waals surface area contributed by atoms with Crippen LogP contribution in [0.2, 0.25) is 5.02 Å². The van der Waals surface area contributed by atoms with Crippen LogP contribution < -0.4 is 5.32 Å². The largest absolute Gasteiger partial charge is 0.478 e. The van der Waals surface area contributed by atoms with E-state index in [4.69, 9.17) is 16.7 Å². The van der Waals surface area contributed by atoms with Crippen LogP contribution in [0.25, 0.3) is 0 Å². The molecule has 0 unspecified atom stereocenters. The number of hydrogen-bond acceptors (Lipinski definition) is 3. The van der Waals surface area contributed by atoms with Gasteiger partial charge in [-0.25, -0.2) is 9.78 Å². The Morgan fingerprint density at radius 3 is 2.81 bits per heavy atom. The lowest BCUT2D eigenvalue weighted by Crippen LogP contribution is -2.16. The Labute approximate surface area is 98.6 Å². The summed E-state index contributed by atoms with van der Waals surface area (Å²) in [5, 5.41) is 12.3. The molecule has 2 N–H and O–H groups in total. The van der Waals surface area contributed by atoms with E-state index in [0.29, 0.717) is 11.9 Å². The average Bonchev–Trinajstić information content (AvgIpc) is 2.73. The number of carboxylic acids is 1. The van der Waals surface area contributed by atoms with E-state index in [1.807, 2.05) is 0 Å². The van der Waals surface area contributed by atoms with Crippen molar-refractivity contribution in [1.29, 1.82) is 0 Å². The van der Waals surface area contributed by atoms with Gasteiger partial charge >= 0.3 is 5.97 Å². The molecule has 86 valence electrons. The first-order valence-electron chi connectivity index (χ1n) is 5.32. The Balaban J connectivity index is 2.15. The zero-order chi connectivity index (χ0) is 11.5. The van der Waals surface area contributed by atoms with Crippen molar-refractivity contribution in [3.63, 3.8) is 0 Å². The molecule has 1 aliphatic rings. The minimum absolute atomic E-state index is 0.0946. The third kappa shape index (κ3) is 2.44. The fourth-order valence-corrected chi connectivity index (χ4v) is 2.14. The number of nitrogens with one attached hydrogen (secondary N) is 1. The smallest absolute Gasteiger partial charge is 0.337 e. The van der Waals surface area contributed by atoms with Crippen molar-refractivity contribution in [3.8, 4) is 0 Å². The molecule has 0 amide bonds. The van der Waals surface area contributed by atoms with E-state index in [9.17, 15) is 4.79 Å². The number of anilines is 1. The molecule has 2 rings (SSSR count). The first-order chi connectivity index (χ1) is 7.66. The predicted molar refractivity (Wildman–Crippen MR) is 62.1 cm³/mol. The molecule has 1 saturated carbocycles. The summed E-state index contributed by atoms with van der Waals surface area (Å²) in [6.45, 7) is 0. The van der Waals surface area contributed by atoms with Crippen molar-refractivity contribution in [2.75, 3.05) is 5.32 Å². The van der Waals surface area contributed by atoms with Gasteiger partial charge in [0.25, 0.3) is 0 Å². The van der Waals surface area contributed by atoms with Crippen LogP contribution in [0.3, 0.4) is 0 Å². The van der Waals surface area contributed by atoms with E-state index in [1.54, 1.807) is 0 Å². The zero-order valence-corrected chi connectivity index (χ0v) is 9.50. The van der Waals surface area contributed by atoms with E-state index in [1.165, 1.54) is 25.1 Å². The van der Waals surface area contributed by atoms with E-state index in [0.717, 1.165) is 12.8 Å². The summed E-state index contributed by atoms with van der Waals surface area (Å²) < 4.78 is 0. The fourth-order valence-electron chi connectivity index (χ4n) is 1.96. The van der Waals surface area contributed by atoms with Crippen LogP contribution in [0.1, 0.15) is 36.0 Å². The highest BCUT2D eigenvalue weighted by Gasteiger charge is 2.16. The van der Waals surface area contributed by atoms with Crippen LogP contribution in [-0.2, 0) is 0 Å². The number of rotatable bonds is 3. The van der Waals surface area contributed by atoms with Gasteiger partial charge in [0.1, 0.15) is 5.82 Å². The summed E-state index contributed by atoms with van der Waals surface area (Å²) in [7, 11) is 0. The second-order valence-corrected chi connectivity index (χ2v) is 4.39. The molecular formula is C11H13ClN2O2. The number of hydrogen-bond donors (Lipinski definition) is 2. The molecule has 0 aromatic carbocycles. The second kappa shape index (κ2) is 4.70. The molecule has 1 aliphatic carbocycles. The molecule has 1 fully saturated rings. The Kier molecular flexibility index (Phi) is 3.29. The van der Waals surface area contributed by atoms with E-state index in [-0.39, 0.29) is 10.6 Å². The van der Waals surface area contributed by atoms with Crippen LogP contribution >= 0.6 is 11.6 Å². The Morgan fingerprint density at radius 1 is 1.50 bits per heavy atom. The molecular weight excluding hydrogens is 228 g/mol. The van der Waals surface area contributed by atoms with Gasteiger partial charge in [0.15, 0.2) is 0 Å². The number of aromatic nitrogens is 1. The standard InChI is InChI=1S/C11H13ClN2O2/c12-9-6-13-10(5-8(9)11(15)16)14-7-3-1-2-4-7/h5-7H,1-4H2,(H,13,14)(H,15,16). The van der Waals surface area contributed by atoms with E-state index in [2.05, 4.69) is 10.3 Å². The lowest BCUT2D eigenvalue weighted by atomic mass is 10.2. The predicted octanol–water partition coefficient (Wildman–Crippen LogP) is 2.79. The molecule has 0 radical (unpaired) electrons. The number of pyridine rings is 1. The molecule has 0 atom stereocenters. The normalized spacial score (nSPS) is 16.3. The molecule has 4 nitrogen and oxygen atoms in total. The highest BCUT2D eigenvalue weighted by atomic mass is 35.5. The molecule has 0 spiro atoms. The van der Waals surface area contributed by atoms with Gasteiger partial charge in [0.05, 0.1) is 10.6 Å². The third-order valence-electron chi connectivity index (χ3n) is 2.79. The maximum atomic E-state index is 10.9. The molecule has 0 saturated heterocycles. The number of carboxylic acid groups (broad SMARTS) is 1. The molecule has 1 aromatic rings. The van der Waals surface area contributed by atoms with Gasteiger partial charge in [-0.3, -0.25) is 0 Å². The number of nitrogens with zero attached hydrogens (tertiary/aromatic N) is 1. The highest BCUT2D eigenvalue weighted by Crippen LogP contribution is 2.23. The molecule has 1 heterocycles. The van der Waals surface area contributed by atoms with Crippen LogP contribution in [0, 0.1) is 0 Å². The van der Waals surface area contributed by atoms with Gasteiger partial charge in [0.2, 0.25) is 0 Å². The quantitative estimate of drug-likeness (QED) is 0.853. The highest BCUT2D eigenvalue weighted by molar-refractivity contribution is 6.33. The lowest BCUT2D eigenvalue weighted by Gasteiger charge is -2.13. The molecule has 0 bridgehead atoms. The van der Waals surface area contributed by atoms with Gasteiger partial charge in [-0.05, 0) is 18.9 Å². The SMILES string of the molecule is O=C(O)c1cc(NC2CCCC2)ncc1Cl. The Morgan fingerprint density at radius 2 is 2.19 bits per heavy atom. The Bertz CT molecular complexity index is 403. The van der Waals surface area contributed by atoms with Gasteiger partial charge in [0, 0.05) is 12.2 Å². The summed E-state index contributed by atoms with van der Waals surface area (Å²) in [5.74, 6) is -0.435. The fraction of sp³-hybridized carbons (Fsp3) is 0.455. The summed E-state index contributed by atoms with van der Waals surface area (Å²) in [5.41, 5.74) is 0.0946. The zero-order valence-electron chi connectivity index (χ0n) is 8.74. The minimum Gasteiger partial charge on any atom is -0.478 e. The van der Waals surface area contributed by atoms with Crippen molar-refractivity contribution in [1.82, 2.24) is 4.98 Å². The van der Waals surface area contributed by atoms with Crippen LogP contribution in [0.5, 0.6) is 0 Å². The maximum absolute atomic E-state index is 10.9. The summed E-state index contributed by atoms with van der Waals surface area (Å²) in [4.78, 5) is 14.9. The van der Waals surface area contributed by atoms with Gasteiger partial charge < -0.3 is 10.4 Å². The first kappa shape index (κ1) is 11.2. The maximum Gasteiger partial charge on any atom is 0.337 e. The van der Waals surface area contributed by atoms with Gasteiger partial charge in [-0.2, -0.15) is 0 Å². The average molecular weight is 241 g/mol. The monoisotopic (exact) mass is 240 g/mol. The molecule has 5 heteroatoms. The van der Waals surface area contributed by atoms with Crippen molar-refractivity contribution in [2.24, 2.45) is 0 Å². The third-order valence-corrected chi connectivity index (χ3v) is 3.09. The molecule has 0 aliphatic heterocycles. The topological polar surface area (TPSA) is 62.2 Å². The van der Waals surface area contributed by atoms with Crippen molar-refractivity contribution in [2.45, 2.75) is 31.7 Å². The van der Waals surface area contributed by atoms with Crippen molar-refractivity contribution >= 4 is 23.4 Å². The van der Waals surface area contributed by atoms with Crippen LogP contribution in [0.4, 0.5) is 5.82 Å². The van der Waals surface area contributed by atoms with Crippen molar-refractivity contribution < 1.29 is 9.90 Å². The van der Waals surface area contributed by atoms with Crippen molar-refractivity contribution in [3.05, 3.63) is 22.8 Å². The summed E-state index contributed by atoms with van der Waals surface area (Å²) in [6.07, 6.45) is 6.05. The summed E-state index contributed by atoms with van der Waals surface area (Å²) >= 11 is 5.74. The number of halogens is 1.